The minimum absolute atomic E-state index is 0.114. The van der Waals surface area contributed by atoms with Gasteiger partial charge in [-0.2, -0.15) is 5.26 Å². The predicted octanol–water partition coefficient (Wildman–Crippen LogP) is 3.75. The van der Waals surface area contributed by atoms with Gasteiger partial charge in [0.2, 0.25) is 0 Å². The summed E-state index contributed by atoms with van der Waals surface area (Å²) in [6, 6.07) is 7.77. The number of hydrogen-bond acceptors (Lipinski definition) is 4. The second-order valence-corrected chi connectivity index (χ2v) is 7.42. The molecule has 1 unspecified atom stereocenters. The number of rotatable bonds is 6. The Morgan fingerprint density at radius 2 is 2.18 bits per heavy atom. The van der Waals surface area contributed by atoms with Gasteiger partial charge in [0.25, 0.3) is 5.91 Å². The molecule has 2 aromatic rings. The minimum Gasteiger partial charge on any atom is -0.464 e. The summed E-state index contributed by atoms with van der Waals surface area (Å²) in [5.41, 5.74) is 3.15. The number of aromatic nitrogens is 1. The molecule has 1 aliphatic rings. The molecule has 3 rings (SSSR count). The number of ether oxygens (including phenoxy) is 1. The number of nitrogens with zero attached hydrogens (tertiary/aromatic N) is 3. The van der Waals surface area contributed by atoms with Crippen LogP contribution in [0.15, 0.2) is 28.2 Å². The lowest BCUT2D eigenvalue weighted by atomic mass is 10.1. The Balaban J connectivity index is 1.77. The molecule has 148 valence electrons. The summed E-state index contributed by atoms with van der Waals surface area (Å²) in [6.07, 6.45) is 4.09. The van der Waals surface area contributed by atoms with Crippen LogP contribution in [-0.4, -0.2) is 35.1 Å². The first-order chi connectivity index (χ1) is 13.4. The number of aryl methyl sites for hydroxylation is 2. The molecule has 6 nitrogen and oxygen atoms in total. The first kappa shape index (κ1) is 20.0. The van der Waals surface area contributed by atoms with Crippen molar-refractivity contribution in [2.45, 2.75) is 52.8 Å². The quantitative estimate of drug-likeness (QED) is 0.564. The number of amides is 1. The first-order valence-corrected chi connectivity index (χ1v) is 9.60. The van der Waals surface area contributed by atoms with Crippen molar-refractivity contribution in [3.63, 3.8) is 0 Å². The first-order valence-electron chi connectivity index (χ1n) is 9.60. The van der Waals surface area contributed by atoms with Crippen molar-refractivity contribution in [1.82, 2.24) is 9.47 Å². The van der Waals surface area contributed by atoms with Crippen LogP contribution in [0.1, 0.15) is 41.3 Å². The van der Waals surface area contributed by atoms with Crippen molar-refractivity contribution in [2.24, 2.45) is 0 Å². The van der Waals surface area contributed by atoms with Gasteiger partial charge in [0.1, 0.15) is 23.2 Å². The number of carbonyl (C=O) groups is 1. The zero-order chi connectivity index (χ0) is 20.3. The third kappa shape index (κ3) is 4.37. The molecule has 3 heterocycles. The maximum absolute atomic E-state index is 12.7. The van der Waals surface area contributed by atoms with Gasteiger partial charge in [0.15, 0.2) is 0 Å². The Labute approximate surface area is 166 Å². The Kier molecular flexibility index (Phi) is 6.05. The summed E-state index contributed by atoms with van der Waals surface area (Å²) < 4.78 is 13.5. The van der Waals surface area contributed by atoms with Crippen LogP contribution in [0.2, 0.25) is 0 Å². The van der Waals surface area contributed by atoms with Crippen LogP contribution in [0.5, 0.6) is 0 Å². The highest BCUT2D eigenvalue weighted by Crippen LogP contribution is 2.22. The fraction of sp³-hybridized carbons (Fsp3) is 0.455. The highest BCUT2D eigenvalue weighted by atomic mass is 16.5. The van der Waals surface area contributed by atoms with Gasteiger partial charge in [0, 0.05) is 31.6 Å². The summed E-state index contributed by atoms with van der Waals surface area (Å²) in [4.78, 5) is 14.2. The molecule has 1 aliphatic heterocycles. The number of carbonyl (C=O) groups excluding carboxylic acids is 1. The molecule has 0 aromatic carbocycles. The minimum atomic E-state index is -0.319. The van der Waals surface area contributed by atoms with Gasteiger partial charge in [-0.05, 0) is 63.5 Å². The number of likely N-dealkylation sites (N-methyl/N-ethyl adjacent to an activating group) is 1. The molecule has 1 amide bonds. The molecule has 1 fully saturated rings. The van der Waals surface area contributed by atoms with Gasteiger partial charge in [-0.15, -0.1) is 0 Å². The average Bonchev–Trinajstić information content (AvgIpc) is 3.38. The second kappa shape index (κ2) is 8.49. The van der Waals surface area contributed by atoms with Gasteiger partial charge in [-0.3, -0.25) is 4.79 Å². The lowest BCUT2D eigenvalue weighted by molar-refractivity contribution is -0.126. The maximum atomic E-state index is 12.7. The summed E-state index contributed by atoms with van der Waals surface area (Å²) in [6.45, 7) is 7.87. The normalized spacial score (nSPS) is 17.0. The molecule has 6 heteroatoms. The molecule has 0 spiro atoms. The Bertz CT molecular complexity index is 923. The van der Waals surface area contributed by atoms with Crippen molar-refractivity contribution in [1.29, 1.82) is 5.26 Å². The Morgan fingerprint density at radius 1 is 1.39 bits per heavy atom. The summed E-state index contributed by atoms with van der Waals surface area (Å²) in [5.74, 6) is 1.17. The Morgan fingerprint density at radius 3 is 2.79 bits per heavy atom. The van der Waals surface area contributed by atoms with E-state index in [1.54, 1.807) is 13.1 Å². The zero-order valence-corrected chi connectivity index (χ0v) is 17.0. The molecule has 0 bridgehead atoms. The molecule has 1 atom stereocenters. The highest BCUT2D eigenvalue weighted by molar-refractivity contribution is 6.01. The van der Waals surface area contributed by atoms with E-state index in [1.807, 2.05) is 39.0 Å². The molecule has 0 N–H and O–H groups in total. The maximum Gasteiger partial charge on any atom is 0.264 e. The lowest BCUT2D eigenvalue weighted by Crippen LogP contribution is -2.27. The predicted molar refractivity (Wildman–Crippen MR) is 106 cm³/mol. The van der Waals surface area contributed by atoms with Gasteiger partial charge >= 0.3 is 0 Å². The molecule has 1 saturated heterocycles. The van der Waals surface area contributed by atoms with E-state index in [0.717, 1.165) is 48.7 Å². The fourth-order valence-corrected chi connectivity index (χ4v) is 3.63. The molecule has 0 radical (unpaired) electrons. The van der Waals surface area contributed by atoms with E-state index < -0.39 is 0 Å². The third-order valence-electron chi connectivity index (χ3n) is 5.21. The number of nitriles is 1. The largest absolute Gasteiger partial charge is 0.464 e. The van der Waals surface area contributed by atoms with Gasteiger partial charge in [-0.1, -0.05) is 0 Å². The van der Waals surface area contributed by atoms with E-state index in [2.05, 4.69) is 10.6 Å². The van der Waals surface area contributed by atoms with Crippen molar-refractivity contribution >= 4 is 12.0 Å². The van der Waals surface area contributed by atoms with E-state index in [1.165, 1.54) is 4.90 Å². The van der Waals surface area contributed by atoms with Crippen LogP contribution >= 0.6 is 0 Å². The molecular formula is C22H27N3O3. The lowest BCUT2D eigenvalue weighted by Gasteiger charge is -2.15. The molecule has 0 saturated carbocycles. The smallest absolute Gasteiger partial charge is 0.264 e. The molecule has 28 heavy (non-hydrogen) atoms. The van der Waals surface area contributed by atoms with E-state index in [9.17, 15) is 10.1 Å². The van der Waals surface area contributed by atoms with E-state index in [0.29, 0.717) is 12.3 Å². The summed E-state index contributed by atoms with van der Waals surface area (Å²) in [5, 5.41) is 9.56. The van der Waals surface area contributed by atoms with Crippen LogP contribution < -0.4 is 0 Å². The fourth-order valence-electron chi connectivity index (χ4n) is 3.63. The highest BCUT2D eigenvalue weighted by Gasteiger charge is 2.20. The van der Waals surface area contributed by atoms with E-state index in [-0.39, 0.29) is 17.6 Å². The van der Waals surface area contributed by atoms with Crippen molar-refractivity contribution in [2.75, 3.05) is 13.7 Å². The van der Waals surface area contributed by atoms with Gasteiger partial charge < -0.3 is 18.6 Å². The number of furan rings is 1. The van der Waals surface area contributed by atoms with Crippen LogP contribution in [0.4, 0.5) is 0 Å². The molecule has 2 aromatic heterocycles. The SMILES string of the molecule is Cc1ccc(CN(C)C(=O)/C(C#N)=C/c2cc(C)n(CC3CCCO3)c2C)o1. The van der Waals surface area contributed by atoms with Crippen molar-refractivity contribution in [3.05, 3.63) is 52.2 Å². The topological polar surface area (TPSA) is 71.4 Å². The molecule has 0 aliphatic carbocycles. The van der Waals surface area contributed by atoms with E-state index >= 15 is 0 Å². The monoisotopic (exact) mass is 381 g/mol. The van der Waals surface area contributed by atoms with Crippen LogP contribution in [0.25, 0.3) is 6.08 Å². The average molecular weight is 381 g/mol. The van der Waals surface area contributed by atoms with Crippen molar-refractivity contribution in [3.8, 4) is 6.07 Å². The summed E-state index contributed by atoms with van der Waals surface area (Å²) >= 11 is 0. The van der Waals surface area contributed by atoms with Crippen LogP contribution in [0, 0.1) is 32.1 Å². The summed E-state index contributed by atoms with van der Waals surface area (Å²) in [7, 11) is 1.67. The number of hydrogen-bond donors (Lipinski definition) is 0. The third-order valence-corrected chi connectivity index (χ3v) is 5.21. The zero-order valence-electron chi connectivity index (χ0n) is 17.0. The van der Waals surface area contributed by atoms with Crippen molar-refractivity contribution < 1.29 is 13.9 Å². The van der Waals surface area contributed by atoms with Crippen LogP contribution in [0.3, 0.4) is 0 Å². The van der Waals surface area contributed by atoms with Gasteiger partial charge in [0.05, 0.1) is 12.6 Å². The van der Waals surface area contributed by atoms with E-state index in [4.69, 9.17) is 9.15 Å². The Hall–Kier alpha value is -2.78. The second-order valence-electron chi connectivity index (χ2n) is 7.42. The van der Waals surface area contributed by atoms with Gasteiger partial charge in [-0.25, -0.2) is 0 Å². The molecular weight excluding hydrogens is 354 g/mol. The van der Waals surface area contributed by atoms with Crippen LogP contribution in [-0.2, 0) is 22.6 Å². The standard InChI is InChI=1S/C22H27N3O3/c1-15-10-18(17(3)25(15)14-20-6-5-9-27-20)11-19(12-23)22(26)24(4)13-21-8-7-16(2)28-21/h7-8,10-11,20H,5-6,9,13-14H2,1-4H3/b19-11+.